The highest BCUT2D eigenvalue weighted by atomic mass is 16.6. The molecule has 0 saturated heterocycles. The SMILES string of the molecule is COC(=O)c1ccc(NC2CCCCC2)c([N+](=O)[O-])c1C. The fourth-order valence-electron chi connectivity index (χ4n) is 2.85. The number of hydrogen-bond donors (Lipinski definition) is 1. The van der Waals surface area contributed by atoms with Gasteiger partial charge in [-0.1, -0.05) is 19.3 Å². The first kappa shape index (κ1) is 15.3. The van der Waals surface area contributed by atoms with Gasteiger partial charge < -0.3 is 10.1 Å². The van der Waals surface area contributed by atoms with Crippen molar-refractivity contribution in [2.45, 2.75) is 45.1 Å². The first-order chi connectivity index (χ1) is 10.0. The largest absolute Gasteiger partial charge is 0.465 e. The van der Waals surface area contributed by atoms with E-state index in [-0.39, 0.29) is 17.3 Å². The third kappa shape index (κ3) is 3.32. The molecule has 0 spiro atoms. The van der Waals surface area contributed by atoms with Crippen LogP contribution >= 0.6 is 0 Å². The van der Waals surface area contributed by atoms with Crippen molar-refractivity contribution in [1.29, 1.82) is 0 Å². The lowest BCUT2D eigenvalue weighted by atomic mass is 9.95. The van der Waals surface area contributed by atoms with Crippen LogP contribution in [-0.4, -0.2) is 24.0 Å². The van der Waals surface area contributed by atoms with Gasteiger partial charge in [-0.05, 0) is 31.9 Å². The summed E-state index contributed by atoms with van der Waals surface area (Å²) in [5, 5.41) is 14.6. The summed E-state index contributed by atoms with van der Waals surface area (Å²) in [5.74, 6) is -0.556. The number of nitrogens with one attached hydrogen (secondary N) is 1. The molecule has 0 radical (unpaired) electrons. The number of nitro benzene ring substituents is 1. The van der Waals surface area contributed by atoms with E-state index in [0.717, 1.165) is 25.7 Å². The summed E-state index contributed by atoms with van der Waals surface area (Å²) >= 11 is 0. The van der Waals surface area contributed by atoms with E-state index in [1.807, 2.05) is 0 Å². The molecule has 0 amide bonds. The van der Waals surface area contributed by atoms with E-state index in [9.17, 15) is 14.9 Å². The maximum atomic E-state index is 11.6. The van der Waals surface area contributed by atoms with Gasteiger partial charge in [0, 0.05) is 11.6 Å². The van der Waals surface area contributed by atoms with Crippen LogP contribution in [-0.2, 0) is 4.74 Å². The molecule has 0 heterocycles. The number of nitro groups is 1. The van der Waals surface area contributed by atoms with Crippen LogP contribution < -0.4 is 5.32 Å². The smallest absolute Gasteiger partial charge is 0.338 e. The summed E-state index contributed by atoms with van der Waals surface area (Å²) in [5.41, 5.74) is 1.02. The Morgan fingerprint density at radius 1 is 1.33 bits per heavy atom. The normalized spacial score (nSPS) is 15.5. The van der Waals surface area contributed by atoms with Crippen LogP contribution in [0.15, 0.2) is 12.1 Å². The molecule has 1 saturated carbocycles. The van der Waals surface area contributed by atoms with E-state index in [1.165, 1.54) is 13.5 Å². The van der Waals surface area contributed by atoms with Crippen LogP contribution in [0.2, 0.25) is 0 Å². The molecule has 1 aliphatic rings. The highest BCUT2D eigenvalue weighted by Gasteiger charge is 2.25. The van der Waals surface area contributed by atoms with E-state index in [1.54, 1.807) is 19.1 Å². The van der Waals surface area contributed by atoms with Crippen molar-refractivity contribution in [2.24, 2.45) is 0 Å². The Bertz CT molecular complexity index is 551. The molecule has 6 heteroatoms. The number of rotatable bonds is 4. The zero-order chi connectivity index (χ0) is 15.4. The van der Waals surface area contributed by atoms with Gasteiger partial charge in [0.2, 0.25) is 0 Å². The molecule has 21 heavy (non-hydrogen) atoms. The van der Waals surface area contributed by atoms with Crippen molar-refractivity contribution < 1.29 is 14.5 Å². The number of nitrogens with zero attached hydrogens (tertiary/aromatic N) is 1. The van der Waals surface area contributed by atoms with E-state index < -0.39 is 10.9 Å². The molecule has 2 rings (SSSR count). The van der Waals surface area contributed by atoms with Crippen LogP contribution in [0.5, 0.6) is 0 Å². The molecule has 6 nitrogen and oxygen atoms in total. The minimum atomic E-state index is -0.556. The molecule has 1 fully saturated rings. The number of hydrogen-bond acceptors (Lipinski definition) is 5. The van der Waals surface area contributed by atoms with E-state index in [0.29, 0.717) is 11.3 Å². The van der Waals surface area contributed by atoms with Crippen molar-refractivity contribution >= 4 is 17.3 Å². The molecule has 1 aromatic rings. The molecule has 0 bridgehead atoms. The number of carbonyl (C=O) groups excluding carboxylic acids is 1. The first-order valence-electron chi connectivity index (χ1n) is 7.17. The lowest BCUT2D eigenvalue weighted by Gasteiger charge is -2.24. The van der Waals surface area contributed by atoms with Crippen LogP contribution in [0, 0.1) is 17.0 Å². The number of carbonyl (C=O) groups is 1. The van der Waals surface area contributed by atoms with Crippen molar-refractivity contribution in [3.63, 3.8) is 0 Å². The number of methoxy groups -OCH3 is 1. The van der Waals surface area contributed by atoms with Gasteiger partial charge in [-0.3, -0.25) is 10.1 Å². The van der Waals surface area contributed by atoms with Gasteiger partial charge >= 0.3 is 5.97 Å². The molecule has 1 aliphatic carbocycles. The van der Waals surface area contributed by atoms with Crippen molar-refractivity contribution in [3.8, 4) is 0 Å². The quantitative estimate of drug-likeness (QED) is 0.522. The summed E-state index contributed by atoms with van der Waals surface area (Å²) in [6.45, 7) is 1.58. The highest BCUT2D eigenvalue weighted by Crippen LogP contribution is 2.33. The monoisotopic (exact) mass is 292 g/mol. The van der Waals surface area contributed by atoms with Gasteiger partial charge in [0.1, 0.15) is 5.69 Å². The van der Waals surface area contributed by atoms with Crippen molar-refractivity contribution in [1.82, 2.24) is 0 Å². The summed E-state index contributed by atoms with van der Waals surface area (Å²) in [7, 11) is 1.27. The second-order valence-corrected chi connectivity index (χ2v) is 5.36. The molecule has 0 atom stereocenters. The Morgan fingerprint density at radius 2 is 2.00 bits per heavy atom. The van der Waals surface area contributed by atoms with Gasteiger partial charge in [-0.15, -0.1) is 0 Å². The Morgan fingerprint density at radius 3 is 2.57 bits per heavy atom. The zero-order valence-corrected chi connectivity index (χ0v) is 12.3. The van der Waals surface area contributed by atoms with Crippen LogP contribution in [0.3, 0.4) is 0 Å². The lowest BCUT2D eigenvalue weighted by Crippen LogP contribution is -2.23. The summed E-state index contributed by atoms with van der Waals surface area (Å²) in [6.07, 6.45) is 5.56. The average Bonchev–Trinajstić information content (AvgIpc) is 2.47. The minimum absolute atomic E-state index is 0.0385. The van der Waals surface area contributed by atoms with Gasteiger partial charge in [-0.25, -0.2) is 4.79 Å². The summed E-state index contributed by atoms with van der Waals surface area (Å²) in [4.78, 5) is 22.6. The molecule has 1 N–H and O–H groups in total. The first-order valence-corrected chi connectivity index (χ1v) is 7.17. The Hall–Kier alpha value is -2.11. The Labute approximate surface area is 123 Å². The summed E-state index contributed by atoms with van der Waals surface area (Å²) in [6, 6.07) is 3.45. The Balaban J connectivity index is 2.34. The standard InChI is InChI=1S/C15H20N2O4/c1-10-12(15(18)21-2)8-9-13(14(10)17(19)20)16-11-6-4-3-5-7-11/h8-9,11,16H,3-7H2,1-2H3. The average molecular weight is 292 g/mol. The highest BCUT2D eigenvalue weighted by molar-refractivity contribution is 5.93. The van der Waals surface area contributed by atoms with Crippen LogP contribution in [0.25, 0.3) is 0 Å². The van der Waals surface area contributed by atoms with Gasteiger partial charge in [0.05, 0.1) is 17.6 Å². The fourth-order valence-corrected chi connectivity index (χ4v) is 2.85. The van der Waals surface area contributed by atoms with Gasteiger partial charge in [0.15, 0.2) is 0 Å². The molecule has 114 valence electrons. The number of esters is 1. The van der Waals surface area contributed by atoms with E-state index in [2.05, 4.69) is 10.1 Å². The second-order valence-electron chi connectivity index (χ2n) is 5.36. The minimum Gasteiger partial charge on any atom is -0.465 e. The number of anilines is 1. The van der Waals surface area contributed by atoms with Crippen molar-refractivity contribution in [2.75, 3.05) is 12.4 Å². The summed E-state index contributed by atoms with van der Waals surface area (Å²) < 4.78 is 4.66. The second kappa shape index (κ2) is 6.56. The van der Waals surface area contributed by atoms with Gasteiger partial charge in [0.25, 0.3) is 5.69 Å². The third-order valence-electron chi connectivity index (χ3n) is 3.98. The lowest BCUT2D eigenvalue weighted by molar-refractivity contribution is -0.384. The van der Waals surface area contributed by atoms with Crippen LogP contribution in [0.4, 0.5) is 11.4 Å². The molecule has 0 aliphatic heterocycles. The molecule has 0 aromatic heterocycles. The fraction of sp³-hybridized carbons (Fsp3) is 0.533. The topological polar surface area (TPSA) is 81.5 Å². The molecule has 1 aromatic carbocycles. The predicted octanol–water partition coefficient (Wildman–Crippen LogP) is 3.43. The Kier molecular flexibility index (Phi) is 4.77. The number of benzene rings is 1. The van der Waals surface area contributed by atoms with E-state index >= 15 is 0 Å². The van der Waals surface area contributed by atoms with Gasteiger partial charge in [-0.2, -0.15) is 0 Å². The predicted molar refractivity (Wildman–Crippen MR) is 79.7 cm³/mol. The molecular formula is C15H20N2O4. The molecule has 0 unspecified atom stereocenters. The third-order valence-corrected chi connectivity index (χ3v) is 3.98. The number of ether oxygens (including phenoxy) is 1. The maximum absolute atomic E-state index is 11.6. The maximum Gasteiger partial charge on any atom is 0.338 e. The van der Waals surface area contributed by atoms with Crippen molar-refractivity contribution in [3.05, 3.63) is 33.4 Å². The van der Waals surface area contributed by atoms with Crippen LogP contribution in [0.1, 0.15) is 48.0 Å². The molecular weight excluding hydrogens is 272 g/mol. The van der Waals surface area contributed by atoms with E-state index in [4.69, 9.17) is 0 Å². The zero-order valence-electron chi connectivity index (χ0n) is 12.3.